The van der Waals surface area contributed by atoms with Gasteiger partial charge in [-0.25, -0.2) is 4.98 Å². The van der Waals surface area contributed by atoms with Gasteiger partial charge in [-0.15, -0.1) is 0 Å². The molecule has 0 aliphatic rings. The lowest BCUT2D eigenvalue weighted by Gasteiger charge is -2.07. The van der Waals surface area contributed by atoms with Crippen molar-refractivity contribution in [2.45, 2.75) is 20.0 Å². The first-order valence-electron chi connectivity index (χ1n) is 6.25. The molecular weight excluding hydrogens is 240 g/mol. The molecule has 0 aliphatic heterocycles. The number of carbonyl (C=O) groups is 1. The van der Waals surface area contributed by atoms with Crippen LogP contribution in [-0.4, -0.2) is 22.0 Å². The molecule has 3 N–H and O–H groups in total. The van der Waals surface area contributed by atoms with E-state index in [-0.39, 0.29) is 5.91 Å². The molecule has 100 valence electrons. The third-order valence-electron chi connectivity index (χ3n) is 3.01. The molecule has 2 aromatic rings. The average Bonchev–Trinajstić information content (AvgIpc) is 2.84. The molecule has 0 spiro atoms. The van der Waals surface area contributed by atoms with Gasteiger partial charge in [0.05, 0.1) is 0 Å². The summed E-state index contributed by atoms with van der Waals surface area (Å²) in [5.74, 6) is 0.878. The Morgan fingerprint density at radius 1 is 1.37 bits per heavy atom. The van der Waals surface area contributed by atoms with Crippen LogP contribution in [0.4, 0.5) is 0 Å². The van der Waals surface area contributed by atoms with Gasteiger partial charge >= 0.3 is 0 Å². The van der Waals surface area contributed by atoms with Crippen molar-refractivity contribution >= 4 is 5.91 Å². The zero-order valence-electron chi connectivity index (χ0n) is 11.0. The second kappa shape index (κ2) is 6.15. The van der Waals surface area contributed by atoms with Crippen molar-refractivity contribution in [2.75, 3.05) is 6.54 Å². The number of rotatable bonds is 5. The quantitative estimate of drug-likeness (QED) is 0.843. The zero-order valence-corrected chi connectivity index (χ0v) is 11.0. The predicted octanol–water partition coefficient (Wildman–Crippen LogP) is 1.08. The molecule has 0 aliphatic carbocycles. The maximum atomic E-state index is 11.9. The molecular formula is C14H18N4O. The highest BCUT2D eigenvalue weighted by atomic mass is 16.1. The van der Waals surface area contributed by atoms with E-state index in [9.17, 15) is 4.79 Å². The minimum atomic E-state index is -0.0682. The second-order valence-electron chi connectivity index (χ2n) is 4.32. The van der Waals surface area contributed by atoms with Crippen LogP contribution in [0.3, 0.4) is 0 Å². The standard InChI is InChI=1S/C14H18N4O/c1-11-16-6-8-18(11)9-7-17-14(19)13-4-2-12(10-15)3-5-13/h2-6,8H,7,9-10,15H2,1H3,(H,17,19). The minimum Gasteiger partial charge on any atom is -0.350 e. The fourth-order valence-electron chi connectivity index (χ4n) is 1.82. The first kappa shape index (κ1) is 13.3. The van der Waals surface area contributed by atoms with Gasteiger partial charge in [0.15, 0.2) is 0 Å². The molecule has 1 aromatic heterocycles. The van der Waals surface area contributed by atoms with Crippen LogP contribution >= 0.6 is 0 Å². The Morgan fingerprint density at radius 3 is 2.68 bits per heavy atom. The summed E-state index contributed by atoms with van der Waals surface area (Å²) in [5.41, 5.74) is 7.19. The summed E-state index contributed by atoms with van der Waals surface area (Å²) in [6, 6.07) is 7.32. The van der Waals surface area contributed by atoms with Crippen LogP contribution in [0.5, 0.6) is 0 Å². The van der Waals surface area contributed by atoms with Crippen LogP contribution < -0.4 is 11.1 Å². The van der Waals surface area contributed by atoms with Gasteiger partial charge in [0, 0.05) is 37.6 Å². The highest BCUT2D eigenvalue weighted by molar-refractivity contribution is 5.94. The predicted molar refractivity (Wildman–Crippen MR) is 73.6 cm³/mol. The van der Waals surface area contributed by atoms with Crippen LogP contribution in [0.15, 0.2) is 36.7 Å². The summed E-state index contributed by atoms with van der Waals surface area (Å²) in [5, 5.41) is 2.88. The number of nitrogens with two attached hydrogens (primary N) is 1. The van der Waals surface area contributed by atoms with Gasteiger partial charge in [0.25, 0.3) is 5.91 Å². The maximum absolute atomic E-state index is 11.9. The van der Waals surface area contributed by atoms with Crippen molar-refractivity contribution in [3.63, 3.8) is 0 Å². The summed E-state index contributed by atoms with van der Waals surface area (Å²) in [6.07, 6.45) is 3.65. The lowest BCUT2D eigenvalue weighted by atomic mass is 10.1. The number of nitrogens with zero attached hydrogens (tertiary/aromatic N) is 2. The van der Waals surface area contributed by atoms with Crippen molar-refractivity contribution in [1.82, 2.24) is 14.9 Å². The molecule has 0 saturated carbocycles. The first-order valence-corrected chi connectivity index (χ1v) is 6.25. The van der Waals surface area contributed by atoms with E-state index in [1.54, 1.807) is 18.3 Å². The van der Waals surface area contributed by atoms with Gasteiger partial charge in [0.1, 0.15) is 5.82 Å². The third-order valence-corrected chi connectivity index (χ3v) is 3.01. The number of aryl methyl sites for hydroxylation is 1. The lowest BCUT2D eigenvalue weighted by Crippen LogP contribution is -2.27. The highest BCUT2D eigenvalue weighted by Gasteiger charge is 2.04. The highest BCUT2D eigenvalue weighted by Crippen LogP contribution is 2.03. The Kier molecular flexibility index (Phi) is 4.30. The van der Waals surface area contributed by atoms with E-state index in [1.807, 2.05) is 29.8 Å². The van der Waals surface area contributed by atoms with Gasteiger partial charge in [-0.3, -0.25) is 4.79 Å². The molecule has 1 heterocycles. The monoisotopic (exact) mass is 258 g/mol. The molecule has 1 amide bonds. The van der Waals surface area contributed by atoms with Crippen molar-refractivity contribution in [3.8, 4) is 0 Å². The number of carbonyl (C=O) groups excluding carboxylic acids is 1. The fraction of sp³-hybridized carbons (Fsp3) is 0.286. The minimum absolute atomic E-state index is 0.0682. The molecule has 0 saturated heterocycles. The summed E-state index contributed by atoms with van der Waals surface area (Å²) < 4.78 is 2.00. The average molecular weight is 258 g/mol. The topological polar surface area (TPSA) is 72.9 Å². The number of nitrogens with one attached hydrogen (secondary N) is 1. The number of benzene rings is 1. The van der Waals surface area contributed by atoms with Gasteiger partial charge < -0.3 is 15.6 Å². The maximum Gasteiger partial charge on any atom is 0.251 e. The van der Waals surface area contributed by atoms with E-state index in [1.165, 1.54) is 0 Å². The zero-order chi connectivity index (χ0) is 13.7. The Bertz CT molecular complexity index is 545. The SMILES string of the molecule is Cc1nccn1CCNC(=O)c1ccc(CN)cc1. The van der Waals surface area contributed by atoms with Crippen molar-refractivity contribution in [3.05, 3.63) is 53.6 Å². The van der Waals surface area contributed by atoms with Crippen molar-refractivity contribution < 1.29 is 4.79 Å². The van der Waals surface area contributed by atoms with Crippen molar-refractivity contribution in [2.24, 2.45) is 5.73 Å². The third kappa shape index (κ3) is 3.42. The molecule has 1 aromatic carbocycles. The Balaban J connectivity index is 1.85. The molecule has 5 nitrogen and oxygen atoms in total. The van der Waals surface area contributed by atoms with Crippen LogP contribution in [0, 0.1) is 6.92 Å². The van der Waals surface area contributed by atoms with Crippen LogP contribution in [-0.2, 0) is 13.1 Å². The molecule has 2 rings (SSSR count). The van der Waals surface area contributed by atoms with Crippen LogP contribution in [0.25, 0.3) is 0 Å². The summed E-state index contributed by atoms with van der Waals surface area (Å²) in [7, 11) is 0. The van der Waals surface area contributed by atoms with Gasteiger partial charge in [-0.2, -0.15) is 0 Å². The molecule has 0 radical (unpaired) electrons. The summed E-state index contributed by atoms with van der Waals surface area (Å²) in [6.45, 7) is 3.72. The molecule has 19 heavy (non-hydrogen) atoms. The number of amides is 1. The Hall–Kier alpha value is -2.14. The summed E-state index contributed by atoms with van der Waals surface area (Å²) in [4.78, 5) is 16.0. The smallest absolute Gasteiger partial charge is 0.251 e. The first-order chi connectivity index (χ1) is 9.20. The molecule has 0 bridgehead atoms. The van der Waals surface area contributed by atoms with E-state index in [0.717, 1.165) is 17.9 Å². The van der Waals surface area contributed by atoms with E-state index in [4.69, 9.17) is 5.73 Å². The van der Waals surface area contributed by atoms with Gasteiger partial charge in [-0.1, -0.05) is 12.1 Å². The molecule has 5 heteroatoms. The van der Waals surface area contributed by atoms with Crippen LogP contribution in [0.1, 0.15) is 21.7 Å². The number of aromatic nitrogens is 2. The van der Waals surface area contributed by atoms with Crippen LogP contribution in [0.2, 0.25) is 0 Å². The van der Waals surface area contributed by atoms with E-state index in [2.05, 4.69) is 10.3 Å². The number of hydrogen-bond donors (Lipinski definition) is 2. The second-order valence-corrected chi connectivity index (χ2v) is 4.32. The van der Waals surface area contributed by atoms with E-state index >= 15 is 0 Å². The van der Waals surface area contributed by atoms with E-state index < -0.39 is 0 Å². The van der Waals surface area contributed by atoms with Gasteiger partial charge in [0.2, 0.25) is 0 Å². The van der Waals surface area contributed by atoms with Crippen molar-refractivity contribution in [1.29, 1.82) is 0 Å². The van der Waals surface area contributed by atoms with E-state index in [0.29, 0.717) is 18.7 Å². The number of imidazole rings is 1. The Labute approximate surface area is 112 Å². The molecule has 0 fully saturated rings. The molecule has 0 unspecified atom stereocenters. The fourth-order valence-corrected chi connectivity index (χ4v) is 1.82. The summed E-state index contributed by atoms with van der Waals surface area (Å²) >= 11 is 0. The largest absolute Gasteiger partial charge is 0.350 e. The molecule has 0 atom stereocenters. The normalized spacial score (nSPS) is 10.4. The van der Waals surface area contributed by atoms with Gasteiger partial charge in [-0.05, 0) is 24.6 Å². The Morgan fingerprint density at radius 2 is 2.11 bits per heavy atom. The number of hydrogen-bond acceptors (Lipinski definition) is 3. The lowest BCUT2D eigenvalue weighted by molar-refractivity contribution is 0.0952.